The Balaban J connectivity index is 1.55. The number of para-hydroxylation sites is 1. The van der Waals surface area contributed by atoms with E-state index in [4.69, 9.17) is 18.9 Å². The van der Waals surface area contributed by atoms with E-state index in [0.717, 1.165) is 11.1 Å². The van der Waals surface area contributed by atoms with Gasteiger partial charge in [0.2, 0.25) is 0 Å². The third kappa shape index (κ3) is 9.58. The van der Waals surface area contributed by atoms with Crippen LogP contribution in [0.2, 0.25) is 0 Å². The molecule has 2 unspecified atom stereocenters. The number of nitrogens with zero attached hydrogens (tertiary/aromatic N) is 1. The lowest BCUT2D eigenvalue weighted by Gasteiger charge is -2.21. The quantitative estimate of drug-likeness (QED) is 0.137. The lowest BCUT2D eigenvalue weighted by atomic mass is 10.1. The van der Waals surface area contributed by atoms with Crippen LogP contribution in [0.25, 0.3) is 0 Å². The third-order valence-corrected chi connectivity index (χ3v) is 5.24. The van der Waals surface area contributed by atoms with E-state index in [-0.39, 0.29) is 32.5 Å². The van der Waals surface area contributed by atoms with Gasteiger partial charge in [0.15, 0.2) is 6.10 Å². The lowest BCUT2D eigenvalue weighted by Crippen LogP contribution is -2.33. The summed E-state index contributed by atoms with van der Waals surface area (Å²) in [5.74, 6) is -0.562. The Morgan fingerprint density at radius 3 is 2.31 bits per heavy atom. The Bertz CT molecular complexity index is 1060. The number of aryl methyl sites for hydroxylation is 1. The molecule has 0 aliphatic rings. The van der Waals surface area contributed by atoms with Crippen LogP contribution in [-0.2, 0) is 41.4 Å². The van der Waals surface area contributed by atoms with Gasteiger partial charge >= 0.3 is 11.9 Å². The zero-order valence-electron chi connectivity index (χ0n) is 19.9. The van der Waals surface area contributed by atoms with Gasteiger partial charge in [-0.3, -0.25) is 14.6 Å². The zero-order valence-corrected chi connectivity index (χ0v) is 19.9. The van der Waals surface area contributed by atoms with Crippen molar-refractivity contribution in [2.75, 3.05) is 13.2 Å². The molecule has 0 N–H and O–H groups in total. The summed E-state index contributed by atoms with van der Waals surface area (Å²) in [5, 5.41) is 0. The first-order valence-corrected chi connectivity index (χ1v) is 11.7. The third-order valence-electron chi connectivity index (χ3n) is 5.24. The topological polar surface area (TPSA) is 101 Å². The summed E-state index contributed by atoms with van der Waals surface area (Å²) in [4.78, 5) is 40.4. The molecule has 0 aliphatic carbocycles. The second-order valence-corrected chi connectivity index (χ2v) is 7.96. The highest BCUT2D eigenvalue weighted by molar-refractivity contribution is 5.77. The molecular formula is C28H29NO7. The van der Waals surface area contributed by atoms with E-state index in [9.17, 15) is 14.4 Å². The van der Waals surface area contributed by atoms with Crippen LogP contribution in [0.1, 0.15) is 24.0 Å². The number of rotatable bonds is 15. The molecule has 8 nitrogen and oxygen atoms in total. The van der Waals surface area contributed by atoms with Crippen molar-refractivity contribution in [1.29, 1.82) is 0 Å². The summed E-state index contributed by atoms with van der Waals surface area (Å²) < 4.78 is 21.4. The molecule has 188 valence electrons. The SMILES string of the molecule is O=COC(CCc1cccnc1)C(=O)OC(CC(=O)OCCOc1ccccc1)Cc1ccccc1. The second kappa shape index (κ2) is 14.9. The zero-order chi connectivity index (χ0) is 25.4. The number of aromatic nitrogens is 1. The molecule has 8 heteroatoms. The van der Waals surface area contributed by atoms with Crippen LogP contribution < -0.4 is 4.74 Å². The van der Waals surface area contributed by atoms with Crippen molar-refractivity contribution in [3.63, 3.8) is 0 Å². The van der Waals surface area contributed by atoms with Gasteiger partial charge in [0.1, 0.15) is 25.1 Å². The predicted octanol–water partition coefficient (Wildman–Crippen LogP) is 3.72. The standard InChI is InChI=1S/C28H29NO7/c30-21-35-26(14-13-23-10-7-15-29-20-23)28(32)36-25(18-22-8-3-1-4-9-22)19-27(31)34-17-16-33-24-11-5-2-6-12-24/h1-12,15,20-21,25-26H,13-14,16-19H2. The van der Waals surface area contributed by atoms with Crippen molar-refractivity contribution in [1.82, 2.24) is 4.98 Å². The van der Waals surface area contributed by atoms with E-state index in [1.54, 1.807) is 18.5 Å². The molecule has 0 saturated heterocycles. The van der Waals surface area contributed by atoms with Gasteiger partial charge in [-0.05, 0) is 42.2 Å². The average Bonchev–Trinajstić information content (AvgIpc) is 2.90. The molecule has 3 rings (SSSR count). The van der Waals surface area contributed by atoms with Gasteiger partial charge in [-0.2, -0.15) is 0 Å². The Kier molecular flexibility index (Phi) is 11.0. The molecule has 3 aromatic rings. The van der Waals surface area contributed by atoms with Crippen LogP contribution in [0.5, 0.6) is 5.75 Å². The minimum atomic E-state index is -1.10. The normalized spacial score (nSPS) is 12.1. The largest absolute Gasteiger partial charge is 0.490 e. The van der Waals surface area contributed by atoms with E-state index in [1.807, 2.05) is 66.7 Å². The highest BCUT2D eigenvalue weighted by Gasteiger charge is 2.27. The fourth-order valence-corrected chi connectivity index (χ4v) is 3.50. The van der Waals surface area contributed by atoms with Gasteiger partial charge in [-0.15, -0.1) is 0 Å². The van der Waals surface area contributed by atoms with E-state index >= 15 is 0 Å². The number of benzene rings is 2. The highest BCUT2D eigenvalue weighted by Crippen LogP contribution is 2.15. The first-order valence-electron chi connectivity index (χ1n) is 11.7. The summed E-state index contributed by atoms with van der Waals surface area (Å²) in [5.41, 5.74) is 1.78. The van der Waals surface area contributed by atoms with Crippen molar-refractivity contribution in [2.24, 2.45) is 0 Å². The smallest absolute Gasteiger partial charge is 0.347 e. The van der Waals surface area contributed by atoms with E-state index < -0.39 is 24.1 Å². The van der Waals surface area contributed by atoms with Crippen LogP contribution in [0.3, 0.4) is 0 Å². The maximum atomic E-state index is 12.9. The summed E-state index contributed by atoms with van der Waals surface area (Å²) in [6.45, 7) is 0.479. The fourth-order valence-electron chi connectivity index (χ4n) is 3.50. The molecule has 36 heavy (non-hydrogen) atoms. The van der Waals surface area contributed by atoms with E-state index in [0.29, 0.717) is 18.6 Å². The minimum Gasteiger partial charge on any atom is -0.490 e. The number of ether oxygens (including phenoxy) is 4. The number of carbonyl (C=O) groups excluding carboxylic acids is 3. The van der Waals surface area contributed by atoms with Gasteiger partial charge in [-0.25, -0.2) is 4.79 Å². The number of hydrogen-bond acceptors (Lipinski definition) is 8. The predicted molar refractivity (Wildman–Crippen MR) is 131 cm³/mol. The molecule has 2 atom stereocenters. The molecule has 0 bridgehead atoms. The molecule has 0 aliphatic heterocycles. The van der Waals surface area contributed by atoms with E-state index in [1.165, 1.54) is 0 Å². The molecular weight excluding hydrogens is 462 g/mol. The molecule has 0 fully saturated rings. The number of hydrogen-bond donors (Lipinski definition) is 0. The first kappa shape index (κ1) is 26.4. The summed E-state index contributed by atoms with van der Waals surface area (Å²) in [7, 11) is 0. The summed E-state index contributed by atoms with van der Waals surface area (Å²) in [6, 6.07) is 22.2. The number of pyridine rings is 1. The average molecular weight is 492 g/mol. The Morgan fingerprint density at radius 2 is 1.61 bits per heavy atom. The Labute approximate surface area is 210 Å². The molecule has 0 saturated carbocycles. The molecule has 0 spiro atoms. The van der Waals surface area contributed by atoms with Crippen molar-refractivity contribution in [3.8, 4) is 5.75 Å². The fraction of sp³-hybridized carbons (Fsp3) is 0.286. The van der Waals surface area contributed by atoms with Crippen LogP contribution in [-0.4, -0.2) is 48.8 Å². The van der Waals surface area contributed by atoms with Gasteiger partial charge in [0.05, 0.1) is 6.42 Å². The maximum Gasteiger partial charge on any atom is 0.347 e. The molecule has 0 amide bonds. The second-order valence-electron chi connectivity index (χ2n) is 7.96. The van der Waals surface area contributed by atoms with Crippen molar-refractivity contribution in [3.05, 3.63) is 96.3 Å². The van der Waals surface area contributed by atoms with Crippen molar-refractivity contribution in [2.45, 2.75) is 37.9 Å². The van der Waals surface area contributed by atoms with E-state index in [2.05, 4.69) is 4.98 Å². The minimum absolute atomic E-state index is 0.0573. The summed E-state index contributed by atoms with van der Waals surface area (Å²) in [6.07, 6.45) is 2.28. The van der Waals surface area contributed by atoms with Crippen molar-refractivity contribution < 1.29 is 33.3 Å². The molecule has 2 aromatic carbocycles. The lowest BCUT2D eigenvalue weighted by molar-refractivity contribution is -0.168. The van der Waals surface area contributed by atoms with Crippen LogP contribution >= 0.6 is 0 Å². The van der Waals surface area contributed by atoms with Crippen LogP contribution in [0.4, 0.5) is 0 Å². The Morgan fingerprint density at radius 1 is 0.889 bits per heavy atom. The Hall–Kier alpha value is -4.20. The number of esters is 2. The molecule has 1 aromatic heterocycles. The van der Waals surface area contributed by atoms with Crippen LogP contribution in [0, 0.1) is 0 Å². The highest BCUT2D eigenvalue weighted by atomic mass is 16.6. The van der Waals surface area contributed by atoms with Gasteiger partial charge in [0.25, 0.3) is 6.47 Å². The number of carbonyl (C=O) groups is 3. The monoisotopic (exact) mass is 491 g/mol. The van der Waals surface area contributed by atoms with Crippen molar-refractivity contribution >= 4 is 18.4 Å². The maximum absolute atomic E-state index is 12.9. The van der Waals surface area contributed by atoms with Gasteiger partial charge in [-0.1, -0.05) is 54.6 Å². The molecule has 1 heterocycles. The van der Waals surface area contributed by atoms with Gasteiger partial charge < -0.3 is 18.9 Å². The summed E-state index contributed by atoms with van der Waals surface area (Å²) >= 11 is 0. The first-order chi connectivity index (χ1) is 17.6. The van der Waals surface area contributed by atoms with Crippen LogP contribution in [0.15, 0.2) is 85.2 Å². The van der Waals surface area contributed by atoms with Gasteiger partial charge in [0, 0.05) is 18.8 Å². The molecule has 0 radical (unpaired) electrons.